The largest absolute Gasteiger partial charge is 0.481 e. The van der Waals surface area contributed by atoms with Crippen molar-refractivity contribution in [1.82, 2.24) is 5.32 Å². The smallest absolute Gasteiger partial charge is 0.306 e. The summed E-state index contributed by atoms with van der Waals surface area (Å²) in [5.74, 6) is -2.27. The highest BCUT2D eigenvalue weighted by atomic mass is 32.2. The van der Waals surface area contributed by atoms with Crippen LogP contribution in [0.4, 0.5) is 11.4 Å². The molecule has 1 aliphatic carbocycles. The number of anilines is 2. The maximum absolute atomic E-state index is 12.6. The van der Waals surface area contributed by atoms with Gasteiger partial charge in [-0.25, -0.2) is 8.42 Å². The van der Waals surface area contributed by atoms with Crippen molar-refractivity contribution >= 4 is 39.2 Å². The van der Waals surface area contributed by atoms with Crippen molar-refractivity contribution < 1.29 is 27.9 Å². The van der Waals surface area contributed by atoms with Gasteiger partial charge in [0.2, 0.25) is 15.9 Å². The summed E-state index contributed by atoms with van der Waals surface area (Å²) in [6.45, 7) is 1.31. The summed E-state index contributed by atoms with van der Waals surface area (Å²) in [6.07, 6.45) is 2.29. The zero-order valence-corrected chi connectivity index (χ0v) is 15.2. The quantitative estimate of drug-likeness (QED) is 0.577. The molecule has 1 aromatic rings. The molecule has 0 aromatic heterocycles. The number of hydrogen-bond acceptors (Lipinski definition) is 5. The van der Waals surface area contributed by atoms with Crippen LogP contribution in [0, 0.1) is 5.92 Å². The van der Waals surface area contributed by atoms with Gasteiger partial charge in [-0.15, -0.1) is 0 Å². The lowest BCUT2D eigenvalue weighted by molar-refractivity contribution is -0.141. The Labute approximate surface area is 151 Å². The Morgan fingerprint density at radius 2 is 1.88 bits per heavy atom. The molecule has 1 saturated carbocycles. The average Bonchev–Trinajstić information content (AvgIpc) is 2.95. The van der Waals surface area contributed by atoms with E-state index < -0.39 is 27.8 Å². The second kappa shape index (κ2) is 7.73. The van der Waals surface area contributed by atoms with E-state index in [2.05, 4.69) is 15.4 Å². The number of nitrogens with one attached hydrogen (secondary N) is 3. The fraction of sp³-hybridized carbons (Fsp3) is 0.438. The van der Waals surface area contributed by atoms with E-state index in [0.29, 0.717) is 24.9 Å². The van der Waals surface area contributed by atoms with Crippen molar-refractivity contribution in [3.05, 3.63) is 23.8 Å². The predicted molar refractivity (Wildman–Crippen MR) is 95.4 cm³/mol. The number of benzene rings is 1. The van der Waals surface area contributed by atoms with Gasteiger partial charge in [-0.2, -0.15) is 0 Å². The van der Waals surface area contributed by atoms with E-state index in [0.717, 1.165) is 6.26 Å². The van der Waals surface area contributed by atoms with Crippen molar-refractivity contribution in [3.8, 4) is 0 Å². The summed E-state index contributed by atoms with van der Waals surface area (Å²) in [5.41, 5.74) is 0.462. The van der Waals surface area contributed by atoms with Gasteiger partial charge in [0.15, 0.2) is 0 Å². The molecule has 2 atom stereocenters. The number of carbonyl (C=O) groups is 3. The molecule has 9 nitrogen and oxygen atoms in total. The number of rotatable bonds is 6. The molecule has 0 aliphatic heterocycles. The maximum atomic E-state index is 12.6. The first kappa shape index (κ1) is 19.7. The molecule has 2 rings (SSSR count). The Bertz CT molecular complexity index is 836. The van der Waals surface area contributed by atoms with E-state index in [-0.39, 0.29) is 23.2 Å². The van der Waals surface area contributed by atoms with E-state index >= 15 is 0 Å². The lowest BCUT2D eigenvalue weighted by Crippen LogP contribution is -2.34. The topological polar surface area (TPSA) is 142 Å². The minimum absolute atomic E-state index is 0.0421. The van der Waals surface area contributed by atoms with Crippen molar-refractivity contribution in [2.24, 2.45) is 5.92 Å². The van der Waals surface area contributed by atoms with E-state index in [1.165, 1.54) is 25.1 Å². The normalized spacial score (nSPS) is 19.6. The minimum Gasteiger partial charge on any atom is -0.481 e. The molecule has 0 spiro atoms. The van der Waals surface area contributed by atoms with Gasteiger partial charge in [0.1, 0.15) is 0 Å². The molecule has 1 aromatic carbocycles. The predicted octanol–water partition coefficient (Wildman–Crippen LogP) is 1.000. The third kappa shape index (κ3) is 5.45. The number of carbonyl (C=O) groups excluding carboxylic acids is 2. The van der Waals surface area contributed by atoms with Gasteiger partial charge in [0, 0.05) is 18.7 Å². The molecule has 0 radical (unpaired) electrons. The second-order valence-electron chi connectivity index (χ2n) is 6.33. The van der Waals surface area contributed by atoms with Crippen molar-refractivity contribution in [3.63, 3.8) is 0 Å². The third-order valence-electron chi connectivity index (χ3n) is 4.00. The summed E-state index contributed by atoms with van der Waals surface area (Å²) in [5, 5.41) is 14.3. The van der Waals surface area contributed by atoms with Gasteiger partial charge >= 0.3 is 5.97 Å². The number of amides is 2. The summed E-state index contributed by atoms with van der Waals surface area (Å²) in [7, 11) is -3.61. The average molecular weight is 383 g/mol. The van der Waals surface area contributed by atoms with Crippen molar-refractivity contribution in [2.45, 2.75) is 32.2 Å². The highest BCUT2D eigenvalue weighted by Gasteiger charge is 2.31. The zero-order valence-electron chi connectivity index (χ0n) is 14.4. The van der Waals surface area contributed by atoms with Gasteiger partial charge in [0.25, 0.3) is 5.91 Å². The summed E-state index contributed by atoms with van der Waals surface area (Å²) in [4.78, 5) is 34.9. The number of carboxylic acid groups (broad SMARTS) is 1. The first-order valence-corrected chi connectivity index (χ1v) is 9.87. The summed E-state index contributed by atoms with van der Waals surface area (Å²) in [6, 6.07) is 3.92. The third-order valence-corrected chi connectivity index (χ3v) is 4.59. The lowest BCUT2D eigenvalue weighted by atomic mass is 10.1. The van der Waals surface area contributed by atoms with Crippen LogP contribution in [-0.4, -0.2) is 43.6 Å². The van der Waals surface area contributed by atoms with E-state index in [4.69, 9.17) is 5.11 Å². The number of carboxylic acids is 1. The number of aliphatic carboxylic acids is 1. The highest BCUT2D eigenvalue weighted by Crippen LogP contribution is 2.27. The Morgan fingerprint density at radius 3 is 2.42 bits per heavy atom. The molecule has 26 heavy (non-hydrogen) atoms. The van der Waals surface area contributed by atoms with Crippen LogP contribution in [0.2, 0.25) is 0 Å². The number of hydrogen-bond donors (Lipinski definition) is 4. The lowest BCUT2D eigenvalue weighted by Gasteiger charge is -2.16. The van der Waals surface area contributed by atoms with Crippen LogP contribution in [0.5, 0.6) is 0 Å². The standard InChI is InChI=1S/C16H21N3O6S/c1-9(20)17-12-5-6-14(19-26(2,24)25)13(8-12)15(21)18-11-4-3-10(7-11)16(22)23/h5-6,8,10-11,19H,3-4,7H2,1-2H3,(H,17,20)(H,18,21)(H,22,23)/t10-,11+/m0/s1. The van der Waals surface area contributed by atoms with Crippen LogP contribution >= 0.6 is 0 Å². The molecule has 4 N–H and O–H groups in total. The number of sulfonamides is 1. The summed E-state index contributed by atoms with van der Waals surface area (Å²) < 4.78 is 25.3. The van der Waals surface area contributed by atoms with Crippen LogP contribution in [0.1, 0.15) is 36.5 Å². The Kier molecular flexibility index (Phi) is 5.86. The first-order valence-electron chi connectivity index (χ1n) is 7.98. The molecule has 2 amide bonds. The van der Waals surface area contributed by atoms with Gasteiger partial charge in [-0.1, -0.05) is 0 Å². The maximum Gasteiger partial charge on any atom is 0.306 e. The van der Waals surface area contributed by atoms with E-state index in [1.807, 2.05) is 0 Å². The molecule has 0 bridgehead atoms. The Balaban J connectivity index is 2.24. The zero-order chi connectivity index (χ0) is 19.5. The van der Waals surface area contributed by atoms with E-state index in [1.54, 1.807) is 0 Å². The molecule has 142 valence electrons. The fourth-order valence-electron chi connectivity index (χ4n) is 2.90. The highest BCUT2D eigenvalue weighted by molar-refractivity contribution is 7.92. The molecular formula is C16H21N3O6S. The summed E-state index contributed by atoms with van der Waals surface area (Å²) >= 11 is 0. The van der Waals surface area contributed by atoms with Crippen LogP contribution in [0.3, 0.4) is 0 Å². The Morgan fingerprint density at radius 1 is 1.19 bits per heavy atom. The Hall–Kier alpha value is -2.62. The molecular weight excluding hydrogens is 362 g/mol. The molecule has 10 heteroatoms. The fourth-order valence-corrected chi connectivity index (χ4v) is 3.48. The van der Waals surface area contributed by atoms with Crippen LogP contribution in [0.15, 0.2) is 18.2 Å². The molecule has 0 heterocycles. The first-order chi connectivity index (χ1) is 12.0. The van der Waals surface area contributed by atoms with Gasteiger partial charge in [-0.3, -0.25) is 19.1 Å². The molecule has 1 fully saturated rings. The van der Waals surface area contributed by atoms with E-state index in [9.17, 15) is 22.8 Å². The van der Waals surface area contributed by atoms with Gasteiger partial charge in [0.05, 0.1) is 23.4 Å². The SMILES string of the molecule is CC(=O)Nc1ccc(NS(C)(=O)=O)c(C(=O)N[C@@H]2CC[C@H](C(=O)O)C2)c1. The molecule has 0 unspecified atom stereocenters. The van der Waals surface area contributed by atoms with Crippen LogP contribution in [-0.2, 0) is 19.6 Å². The van der Waals surface area contributed by atoms with Crippen molar-refractivity contribution in [2.75, 3.05) is 16.3 Å². The minimum atomic E-state index is -3.61. The van der Waals surface area contributed by atoms with Gasteiger partial charge in [-0.05, 0) is 37.5 Å². The van der Waals surface area contributed by atoms with Gasteiger partial charge < -0.3 is 15.7 Å². The second-order valence-corrected chi connectivity index (χ2v) is 8.08. The molecule has 0 saturated heterocycles. The molecule has 1 aliphatic rings. The monoisotopic (exact) mass is 383 g/mol. The van der Waals surface area contributed by atoms with Crippen molar-refractivity contribution in [1.29, 1.82) is 0 Å². The van der Waals surface area contributed by atoms with Crippen LogP contribution in [0.25, 0.3) is 0 Å². The van der Waals surface area contributed by atoms with Crippen LogP contribution < -0.4 is 15.4 Å².